The highest BCUT2D eigenvalue weighted by molar-refractivity contribution is 6.03. The lowest BCUT2D eigenvalue weighted by atomic mass is 9.86. The molecule has 0 saturated heterocycles. The molecule has 0 atom stereocenters. The third-order valence-electron chi connectivity index (χ3n) is 5.86. The quantitative estimate of drug-likeness (QED) is 0.531. The zero-order chi connectivity index (χ0) is 23.8. The van der Waals surface area contributed by atoms with Crippen molar-refractivity contribution in [3.05, 3.63) is 46.7 Å². The third kappa shape index (κ3) is 4.30. The fourth-order valence-electron chi connectivity index (χ4n) is 3.99. The van der Waals surface area contributed by atoms with Crippen molar-refractivity contribution in [1.82, 2.24) is 9.97 Å². The molecule has 2 heterocycles. The lowest BCUT2D eigenvalue weighted by Gasteiger charge is -2.20. The lowest BCUT2D eigenvalue weighted by Crippen LogP contribution is -2.14. The van der Waals surface area contributed by atoms with Crippen molar-refractivity contribution >= 4 is 17.5 Å². The Bertz CT molecular complexity index is 1180. The number of fused-ring (bicyclic) bond motifs is 1. The smallest absolute Gasteiger partial charge is 0.291 e. The zero-order valence-electron chi connectivity index (χ0n) is 19.7. The number of nitrogens with zero attached hydrogens (tertiary/aromatic N) is 2. The fourth-order valence-corrected chi connectivity index (χ4v) is 3.99. The van der Waals surface area contributed by atoms with Crippen molar-refractivity contribution in [2.75, 3.05) is 31.9 Å². The van der Waals surface area contributed by atoms with E-state index in [1.165, 1.54) is 25.3 Å². The SMILES string of the molecule is CNc1nc(OC)c(NC(=O)c2ccc(Oc3cc4c(cc3C)CCC4(C)C)o2)c(OC)n1. The van der Waals surface area contributed by atoms with Gasteiger partial charge in [0.05, 0.1) is 14.2 Å². The zero-order valence-corrected chi connectivity index (χ0v) is 19.7. The van der Waals surface area contributed by atoms with Crippen LogP contribution in [-0.4, -0.2) is 37.1 Å². The second kappa shape index (κ2) is 8.65. The van der Waals surface area contributed by atoms with Crippen LogP contribution in [0.25, 0.3) is 0 Å². The Morgan fingerprint density at radius 1 is 1.12 bits per heavy atom. The molecule has 1 aliphatic carbocycles. The number of nitrogens with one attached hydrogen (secondary N) is 2. The minimum absolute atomic E-state index is 0.0611. The van der Waals surface area contributed by atoms with E-state index in [0.717, 1.165) is 18.4 Å². The number of benzene rings is 1. The van der Waals surface area contributed by atoms with Crippen LogP contribution < -0.4 is 24.8 Å². The molecule has 1 aromatic carbocycles. The van der Waals surface area contributed by atoms with E-state index in [1.807, 2.05) is 6.92 Å². The monoisotopic (exact) mass is 452 g/mol. The Labute approximate surface area is 192 Å². The lowest BCUT2D eigenvalue weighted by molar-refractivity contribution is 0.0990. The maximum atomic E-state index is 12.8. The van der Waals surface area contributed by atoms with Crippen LogP contribution >= 0.6 is 0 Å². The van der Waals surface area contributed by atoms with Crippen LogP contribution in [0.3, 0.4) is 0 Å². The highest BCUT2D eigenvalue weighted by Crippen LogP contribution is 2.42. The van der Waals surface area contributed by atoms with E-state index >= 15 is 0 Å². The summed E-state index contributed by atoms with van der Waals surface area (Å²) in [5, 5.41) is 5.50. The van der Waals surface area contributed by atoms with Gasteiger partial charge in [-0.2, -0.15) is 9.97 Å². The van der Waals surface area contributed by atoms with Gasteiger partial charge >= 0.3 is 0 Å². The van der Waals surface area contributed by atoms with Crippen molar-refractivity contribution in [2.24, 2.45) is 0 Å². The Hall–Kier alpha value is -3.75. The van der Waals surface area contributed by atoms with Gasteiger partial charge in [0.15, 0.2) is 11.4 Å². The molecule has 0 spiro atoms. The molecule has 1 aliphatic rings. The molecule has 0 bridgehead atoms. The molecule has 0 fully saturated rings. The molecule has 4 rings (SSSR count). The number of aromatic nitrogens is 2. The Morgan fingerprint density at radius 2 is 1.82 bits per heavy atom. The predicted molar refractivity (Wildman–Crippen MR) is 124 cm³/mol. The van der Waals surface area contributed by atoms with E-state index in [2.05, 4.69) is 46.6 Å². The van der Waals surface area contributed by atoms with E-state index in [1.54, 1.807) is 19.2 Å². The first-order valence-electron chi connectivity index (χ1n) is 10.7. The van der Waals surface area contributed by atoms with Gasteiger partial charge in [0, 0.05) is 13.1 Å². The highest BCUT2D eigenvalue weighted by atomic mass is 16.6. The average Bonchev–Trinajstić information content (AvgIpc) is 3.38. The first-order valence-corrected chi connectivity index (χ1v) is 10.7. The van der Waals surface area contributed by atoms with Crippen LogP contribution in [0, 0.1) is 6.92 Å². The Balaban J connectivity index is 1.55. The standard InChI is InChI=1S/C24H28N4O5/c1-13-11-14-9-10-24(2,3)15(14)12-17(13)33-18-8-7-16(32-18)20(29)26-19-21(30-5)27-23(25-4)28-22(19)31-6/h7-8,11-12H,9-10H2,1-6H3,(H,26,29)(H,25,27,28). The molecular weight excluding hydrogens is 424 g/mol. The van der Waals surface area contributed by atoms with Crippen molar-refractivity contribution < 1.29 is 23.4 Å². The van der Waals surface area contributed by atoms with Gasteiger partial charge in [-0.25, -0.2) is 0 Å². The Kier molecular flexibility index (Phi) is 5.88. The van der Waals surface area contributed by atoms with Crippen LogP contribution in [0.15, 0.2) is 28.7 Å². The van der Waals surface area contributed by atoms with E-state index in [0.29, 0.717) is 11.7 Å². The molecule has 0 aliphatic heterocycles. The average molecular weight is 453 g/mol. The second-order valence-corrected chi connectivity index (χ2v) is 8.52. The summed E-state index contributed by atoms with van der Waals surface area (Å²) in [7, 11) is 4.55. The third-order valence-corrected chi connectivity index (χ3v) is 5.86. The number of hydrogen-bond donors (Lipinski definition) is 2. The van der Waals surface area contributed by atoms with Crippen LogP contribution in [0.5, 0.6) is 23.5 Å². The van der Waals surface area contributed by atoms with Gasteiger partial charge in [-0.1, -0.05) is 19.9 Å². The van der Waals surface area contributed by atoms with Gasteiger partial charge in [0.25, 0.3) is 11.9 Å². The summed E-state index contributed by atoms with van der Waals surface area (Å²) in [5.74, 6) is 1.07. The van der Waals surface area contributed by atoms with Crippen molar-refractivity contribution in [2.45, 2.75) is 39.0 Å². The van der Waals surface area contributed by atoms with Crippen molar-refractivity contribution in [1.29, 1.82) is 0 Å². The predicted octanol–water partition coefficient (Wildman–Crippen LogP) is 4.71. The number of ether oxygens (including phenoxy) is 3. The first kappa shape index (κ1) is 22.4. The van der Waals surface area contributed by atoms with E-state index in [9.17, 15) is 4.79 Å². The number of hydrogen-bond acceptors (Lipinski definition) is 8. The fraction of sp³-hybridized carbons (Fsp3) is 0.375. The molecule has 9 nitrogen and oxygen atoms in total. The number of furan rings is 1. The van der Waals surface area contributed by atoms with Crippen molar-refractivity contribution in [3.8, 4) is 23.5 Å². The molecule has 0 saturated carbocycles. The summed E-state index contributed by atoms with van der Waals surface area (Å²) in [6, 6.07) is 7.40. The number of anilines is 2. The molecule has 33 heavy (non-hydrogen) atoms. The van der Waals surface area contributed by atoms with Gasteiger partial charge in [-0.05, 0) is 54.0 Å². The molecule has 174 valence electrons. The summed E-state index contributed by atoms with van der Waals surface area (Å²) in [6.45, 7) is 6.48. The number of amides is 1. The maximum Gasteiger partial charge on any atom is 0.291 e. The number of methoxy groups -OCH3 is 2. The van der Waals surface area contributed by atoms with Crippen LogP contribution in [-0.2, 0) is 11.8 Å². The molecule has 2 aromatic heterocycles. The van der Waals surface area contributed by atoms with Gasteiger partial charge in [-0.3, -0.25) is 4.79 Å². The van der Waals surface area contributed by atoms with Gasteiger partial charge in [0.1, 0.15) is 5.75 Å². The van der Waals surface area contributed by atoms with Gasteiger partial charge in [0.2, 0.25) is 17.7 Å². The van der Waals surface area contributed by atoms with Crippen LogP contribution in [0.1, 0.15) is 47.5 Å². The van der Waals surface area contributed by atoms with Crippen molar-refractivity contribution in [3.63, 3.8) is 0 Å². The molecular formula is C24H28N4O5. The van der Waals surface area contributed by atoms with Crippen LogP contribution in [0.4, 0.5) is 11.6 Å². The summed E-state index contributed by atoms with van der Waals surface area (Å²) >= 11 is 0. The van der Waals surface area contributed by atoms with E-state index in [-0.39, 0.29) is 34.6 Å². The summed E-state index contributed by atoms with van der Waals surface area (Å²) in [5.41, 5.74) is 3.97. The molecule has 0 unspecified atom stereocenters. The highest BCUT2D eigenvalue weighted by Gasteiger charge is 2.31. The molecule has 0 radical (unpaired) electrons. The second-order valence-electron chi connectivity index (χ2n) is 8.52. The van der Waals surface area contributed by atoms with Gasteiger partial charge < -0.3 is 29.3 Å². The normalized spacial score (nSPS) is 13.9. The minimum atomic E-state index is -0.519. The molecule has 2 N–H and O–H groups in total. The number of carbonyl (C=O) groups is 1. The molecule has 3 aromatic rings. The van der Waals surface area contributed by atoms with E-state index in [4.69, 9.17) is 18.6 Å². The molecule has 9 heteroatoms. The number of carbonyl (C=O) groups excluding carboxylic acids is 1. The largest absolute Gasteiger partial charge is 0.479 e. The Morgan fingerprint density at radius 3 is 2.45 bits per heavy atom. The minimum Gasteiger partial charge on any atom is -0.479 e. The van der Waals surface area contributed by atoms with Crippen LogP contribution in [0.2, 0.25) is 0 Å². The number of aryl methyl sites for hydroxylation is 2. The summed E-state index contributed by atoms with van der Waals surface area (Å²) in [4.78, 5) is 21.2. The summed E-state index contributed by atoms with van der Waals surface area (Å²) in [6.07, 6.45) is 2.18. The summed E-state index contributed by atoms with van der Waals surface area (Å²) < 4.78 is 22.2. The number of rotatable bonds is 7. The first-order chi connectivity index (χ1) is 15.7. The topological polar surface area (TPSA) is 108 Å². The molecule has 1 amide bonds. The van der Waals surface area contributed by atoms with E-state index < -0.39 is 5.91 Å². The maximum absolute atomic E-state index is 12.8. The van der Waals surface area contributed by atoms with Gasteiger partial charge in [-0.15, -0.1) is 0 Å².